The van der Waals surface area contributed by atoms with Crippen LogP contribution in [0.1, 0.15) is 13.3 Å². The van der Waals surface area contributed by atoms with Gasteiger partial charge in [-0.25, -0.2) is 0 Å². The average molecular weight is 148 g/mol. The van der Waals surface area contributed by atoms with Crippen LogP contribution in [0.5, 0.6) is 0 Å². The van der Waals surface area contributed by atoms with E-state index in [0.29, 0.717) is 0 Å². The van der Waals surface area contributed by atoms with Gasteiger partial charge < -0.3 is 20.1 Å². The lowest BCUT2D eigenvalue weighted by atomic mass is 10.1. The fraction of sp³-hybridized carbons (Fsp3) is 0.833. The predicted molar refractivity (Wildman–Crippen MR) is 34.4 cm³/mol. The highest BCUT2D eigenvalue weighted by molar-refractivity contribution is 5.56. The van der Waals surface area contributed by atoms with Gasteiger partial charge in [0.25, 0.3) is 0 Å². The van der Waals surface area contributed by atoms with Crippen LogP contribution in [0.3, 0.4) is 0 Å². The summed E-state index contributed by atoms with van der Waals surface area (Å²) in [5, 5.41) is 26.2. The Bertz CT molecular complexity index is 102. The number of hydrogen-bond donors (Lipinski definition) is 3. The van der Waals surface area contributed by atoms with E-state index in [0.717, 1.165) is 0 Å². The molecule has 0 aromatic rings. The molecule has 0 aliphatic rings. The Morgan fingerprint density at radius 2 is 1.90 bits per heavy atom. The van der Waals surface area contributed by atoms with E-state index < -0.39 is 18.3 Å². The van der Waals surface area contributed by atoms with Gasteiger partial charge in [-0.15, -0.1) is 0 Å². The number of hydrogen-bond acceptors (Lipinski definition) is 4. The largest absolute Gasteiger partial charge is 0.393 e. The first kappa shape index (κ1) is 9.55. The molecule has 0 bridgehead atoms. The highest BCUT2D eigenvalue weighted by Crippen LogP contribution is 2.00. The van der Waals surface area contributed by atoms with E-state index in [2.05, 4.69) is 0 Å². The maximum atomic E-state index is 9.84. The molecule has 0 aromatic heterocycles. The third-order valence-corrected chi connectivity index (χ3v) is 1.12. The summed E-state index contributed by atoms with van der Waals surface area (Å²) in [7, 11) is 0. The van der Waals surface area contributed by atoms with Crippen molar-refractivity contribution in [3.63, 3.8) is 0 Å². The summed E-state index contributed by atoms with van der Waals surface area (Å²) in [4.78, 5) is 9.84. The van der Waals surface area contributed by atoms with Crippen LogP contribution in [0.15, 0.2) is 0 Å². The molecular weight excluding hydrogens is 136 g/mol. The topological polar surface area (TPSA) is 77.8 Å². The lowest BCUT2D eigenvalue weighted by Crippen LogP contribution is -2.30. The van der Waals surface area contributed by atoms with Crippen LogP contribution >= 0.6 is 0 Å². The third-order valence-electron chi connectivity index (χ3n) is 1.12. The lowest BCUT2D eigenvalue weighted by Gasteiger charge is -2.13. The zero-order valence-electron chi connectivity index (χ0n) is 5.77. The van der Waals surface area contributed by atoms with Crippen molar-refractivity contribution in [2.75, 3.05) is 0 Å². The summed E-state index contributed by atoms with van der Waals surface area (Å²) in [5.41, 5.74) is 0. The molecular formula is C6H12O4. The first-order valence-corrected chi connectivity index (χ1v) is 3.07. The van der Waals surface area contributed by atoms with E-state index in [9.17, 15) is 4.79 Å². The number of rotatable bonds is 4. The van der Waals surface area contributed by atoms with E-state index >= 15 is 0 Å². The zero-order chi connectivity index (χ0) is 8.15. The molecule has 3 N–H and O–H groups in total. The summed E-state index contributed by atoms with van der Waals surface area (Å²) in [6.07, 6.45) is -2.98. The summed E-state index contributed by atoms with van der Waals surface area (Å²) >= 11 is 0. The fourth-order valence-corrected chi connectivity index (χ4v) is 0.580. The van der Waals surface area contributed by atoms with Crippen LogP contribution in [0, 0.1) is 0 Å². The van der Waals surface area contributed by atoms with Gasteiger partial charge in [-0.3, -0.25) is 0 Å². The highest BCUT2D eigenvalue weighted by atomic mass is 16.3. The summed E-state index contributed by atoms with van der Waals surface area (Å²) in [5.74, 6) is 0. The molecule has 0 rings (SSSR count). The molecule has 0 aromatic carbocycles. The van der Waals surface area contributed by atoms with Crippen molar-refractivity contribution in [3.05, 3.63) is 0 Å². The van der Waals surface area contributed by atoms with Crippen LogP contribution in [-0.4, -0.2) is 39.9 Å². The van der Waals surface area contributed by atoms with Crippen LogP contribution in [0.4, 0.5) is 0 Å². The molecule has 4 nitrogen and oxygen atoms in total. The Balaban J connectivity index is 3.60. The van der Waals surface area contributed by atoms with Gasteiger partial charge in [0, 0.05) is 6.42 Å². The minimum Gasteiger partial charge on any atom is -0.393 e. The smallest absolute Gasteiger partial charge is 0.151 e. The van der Waals surface area contributed by atoms with Crippen molar-refractivity contribution in [1.29, 1.82) is 0 Å². The molecule has 0 aliphatic carbocycles. The highest BCUT2D eigenvalue weighted by Gasteiger charge is 2.16. The molecule has 60 valence electrons. The van der Waals surface area contributed by atoms with E-state index in [-0.39, 0.29) is 12.7 Å². The second-order valence-corrected chi connectivity index (χ2v) is 2.28. The van der Waals surface area contributed by atoms with Gasteiger partial charge in [0.05, 0.1) is 12.2 Å². The minimum absolute atomic E-state index is 0.0138. The van der Waals surface area contributed by atoms with Gasteiger partial charge in [0.2, 0.25) is 0 Å². The molecule has 0 fully saturated rings. The van der Waals surface area contributed by atoms with Crippen LogP contribution in [0.2, 0.25) is 0 Å². The molecule has 0 radical (unpaired) electrons. The van der Waals surface area contributed by atoms with Gasteiger partial charge in [-0.1, -0.05) is 0 Å². The zero-order valence-corrected chi connectivity index (χ0v) is 5.77. The van der Waals surface area contributed by atoms with Crippen molar-refractivity contribution in [3.8, 4) is 0 Å². The van der Waals surface area contributed by atoms with Gasteiger partial charge in [0.15, 0.2) is 6.29 Å². The predicted octanol–water partition coefficient (Wildman–Crippen LogP) is -1.32. The van der Waals surface area contributed by atoms with Crippen LogP contribution in [0.25, 0.3) is 0 Å². The third kappa shape index (κ3) is 3.55. The van der Waals surface area contributed by atoms with Gasteiger partial charge in [0.1, 0.15) is 6.10 Å². The van der Waals surface area contributed by atoms with Crippen molar-refractivity contribution >= 4 is 6.29 Å². The second kappa shape index (κ2) is 4.38. The Hall–Kier alpha value is -0.450. The number of carbonyl (C=O) groups is 1. The standard InChI is InChI=1S/C6H12O4/c1-4(8)2-5(9)6(10)3-7/h3-6,8-10H,2H2,1H3/t4-,5+,6+/m0/s1. The molecule has 0 aliphatic heterocycles. The number of carbonyl (C=O) groups excluding carboxylic acids is 1. The maximum absolute atomic E-state index is 9.84. The molecule has 0 unspecified atom stereocenters. The Labute approximate surface area is 59.1 Å². The fourth-order valence-electron chi connectivity index (χ4n) is 0.580. The van der Waals surface area contributed by atoms with Crippen LogP contribution < -0.4 is 0 Å². The Morgan fingerprint density at radius 3 is 2.20 bits per heavy atom. The van der Waals surface area contributed by atoms with Crippen molar-refractivity contribution in [2.45, 2.75) is 31.7 Å². The van der Waals surface area contributed by atoms with Gasteiger partial charge in [-0.05, 0) is 6.92 Å². The van der Waals surface area contributed by atoms with Crippen molar-refractivity contribution in [1.82, 2.24) is 0 Å². The minimum atomic E-state index is -1.38. The van der Waals surface area contributed by atoms with Crippen molar-refractivity contribution < 1.29 is 20.1 Å². The maximum Gasteiger partial charge on any atom is 0.151 e. The molecule has 0 saturated carbocycles. The lowest BCUT2D eigenvalue weighted by molar-refractivity contribution is -0.121. The number of aldehydes is 1. The average Bonchev–Trinajstić information content (AvgIpc) is 1.85. The molecule has 0 saturated heterocycles. The molecule has 4 heteroatoms. The Kier molecular flexibility index (Phi) is 4.18. The SMILES string of the molecule is C[C@H](O)C[C@@H](O)[C@H](O)C=O. The first-order valence-electron chi connectivity index (χ1n) is 3.07. The molecule has 10 heavy (non-hydrogen) atoms. The summed E-state index contributed by atoms with van der Waals surface area (Å²) < 4.78 is 0. The molecule has 0 heterocycles. The normalized spacial score (nSPS) is 19.6. The summed E-state index contributed by atoms with van der Waals surface area (Å²) in [6, 6.07) is 0. The monoisotopic (exact) mass is 148 g/mol. The molecule has 0 spiro atoms. The molecule has 0 amide bonds. The Morgan fingerprint density at radius 1 is 1.40 bits per heavy atom. The number of aliphatic hydroxyl groups excluding tert-OH is 3. The van der Waals surface area contributed by atoms with Crippen molar-refractivity contribution in [2.24, 2.45) is 0 Å². The van der Waals surface area contributed by atoms with Crippen LogP contribution in [-0.2, 0) is 4.79 Å². The van der Waals surface area contributed by atoms with E-state index in [1.807, 2.05) is 0 Å². The van der Waals surface area contributed by atoms with Gasteiger partial charge >= 0.3 is 0 Å². The quantitative estimate of drug-likeness (QED) is 0.432. The second-order valence-electron chi connectivity index (χ2n) is 2.28. The van der Waals surface area contributed by atoms with E-state index in [1.165, 1.54) is 6.92 Å². The van der Waals surface area contributed by atoms with E-state index in [1.54, 1.807) is 0 Å². The molecule has 3 atom stereocenters. The first-order chi connectivity index (χ1) is 4.57. The number of aliphatic hydroxyl groups is 3. The van der Waals surface area contributed by atoms with E-state index in [4.69, 9.17) is 15.3 Å². The van der Waals surface area contributed by atoms with Gasteiger partial charge in [-0.2, -0.15) is 0 Å². The summed E-state index contributed by atoms with van der Waals surface area (Å²) in [6.45, 7) is 1.47.